The van der Waals surface area contributed by atoms with Gasteiger partial charge >= 0.3 is 11.9 Å². The average Bonchev–Trinajstić information content (AvgIpc) is 3.63. The molecule has 15 heteroatoms. The van der Waals surface area contributed by atoms with E-state index in [2.05, 4.69) is 10.3 Å². The molecule has 240 valence electrons. The Morgan fingerprint density at radius 3 is 2.65 bits per heavy atom. The quantitative estimate of drug-likeness (QED) is 0.120. The molecule has 7 atom stereocenters. The number of esters is 1. The molecule has 0 bridgehead atoms. The van der Waals surface area contributed by atoms with Gasteiger partial charge in [0, 0.05) is 17.9 Å². The van der Waals surface area contributed by atoms with Gasteiger partial charge in [-0.1, -0.05) is 12.1 Å². The van der Waals surface area contributed by atoms with Gasteiger partial charge in [-0.05, 0) is 43.0 Å². The average molecular weight is 637 g/mol. The van der Waals surface area contributed by atoms with Gasteiger partial charge in [0.1, 0.15) is 60.5 Å². The Kier molecular flexibility index (Phi) is 8.68. The van der Waals surface area contributed by atoms with Crippen LogP contribution in [0.15, 0.2) is 86.5 Å². The third-order valence-corrected chi connectivity index (χ3v) is 7.75. The number of hydroxylamine groups is 2. The molecule has 0 aliphatic carbocycles. The number of quaternary nitrogens is 1. The van der Waals surface area contributed by atoms with Crippen molar-refractivity contribution in [3.05, 3.63) is 82.5 Å². The summed E-state index contributed by atoms with van der Waals surface area (Å²) in [5, 5.41) is 43.8. The highest BCUT2D eigenvalue weighted by molar-refractivity contribution is 5.98. The van der Waals surface area contributed by atoms with Crippen molar-refractivity contribution in [2.45, 2.75) is 36.7 Å². The highest BCUT2D eigenvalue weighted by Gasteiger charge is 2.50. The number of benzene rings is 2. The van der Waals surface area contributed by atoms with Crippen molar-refractivity contribution >= 4 is 29.1 Å². The fraction of sp³-hybridized carbons (Fsp3) is 0.290. The molecule has 0 radical (unpaired) electrons. The number of aliphatic carboxylic acids is 1. The summed E-state index contributed by atoms with van der Waals surface area (Å²) in [6.07, 6.45) is -0.734. The summed E-state index contributed by atoms with van der Waals surface area (Å²) < 4.78 is 22.8. The van der Waals surface area contributed by atoms with E-state index < -0.39 is 55.3 Å². The Hall–Kier alpha value is -4.90. The van der Waals surface area contributed by atoms with Crippen LogP contribution < -0.4 is 20.5 Å². The Labute approximate surface area is 260 Å². The predicted octanol–water partition coefficient (Wildman–Crippen LogP) is -0.742. The number of allylic oxidation sites excluding steroid dienone is 1. The van der Waals surface area contributed by atoms with E-state index in [4.69, 9.17) is 23.5 Å². The Morgan fingerprint density at radius 1 is 1.15 bits per heavy atom. The van der Waals surface area contributed by atoms with E-state index in [0.717, 1.165) is 5.57 Å². The molecule has 4 heterocycles. The number of phenolic OH excluding ortho intramolecular Hbond substituents is 1. The summed E-state index contributed by atoms with van der Waals surface area (Å²) in [5.41, 5.74) is 2.33. The molecular weight excluding hydrogens is 606 g/mol. The first kappa shape index (κ1) is 31.1. The van der Waals surface area contributed by atoms with Gasteiger partial charge in [0.2, 0.25) is 18.4 Å². The van der Waals surface area contributed by atoms with Gasteiger partial charge < -0.3 is 39.1 Å². The number of hydrogen-bond donors (Lipinski definition) is 6. The number of aromatic hydroxyl groups is 1. The van der Waals surface area contributed by atoms with Crippen LogP contribution in [0.1, 0.15) is 0 Å². The second-order valence-electron chi connectivity index (χ2n) is 10.7. The van der Waals surface area contributed by atoms with Crippen LogP contribution in [0.5, 0.6) is 11.5 Å². The lowest BCUT2D eigenvalue weighted by Gasteiger charge is -2.41. The molecule has 1 saturated heterocycles. The van der Waals surface area contributed by atoms with Crippen LogP contribution in [0.2, 0.25) is 0 Å². The number of rotatable bonds is 10. The number of ether oxygens (including phenoxy) is 3. The van der Waals surface area contributed by atoms with E-state index in [1.165, 1.54) is 43.6 Å². The van der Waals surface area contributed by atoms with Crippen molar-refractivity contribution in [3.63, 3.8) is 0 Å². The predicted molar refractivity (Wildman–Crippen MR) is 158 cm³/mol. The summed E-state index contributed by atoms with van der Waals surface area (Å²) in [4.78, 5) is 47.2. The summed E-state index contributed by atoms with van der Waals surface area (Å²) in [7, 11) is 1.27. The number of nitrogens with one attached hydrogen (secondary N) is 2. The molecule has 3 aliphatic rings. The third-order valence-electron chi connectivity index (χ3n) is 7.75. The van der Waals surface area contributed by atoms with Gasteiger partial charge in [-0.2, -0.15) is 9.90 Å². The van der Waals surface area contributed by atoms with Crippen LogP contribution in [-0.4, -0.2) is 95.5 Å². The summed E-state index contributed by atoms with van der Waals surface area (Å²) in [6, 6.07) is 8.88. The number of carboxylic acid groups (broad SMARTS) is 1. The highest BCUT2D eigenvalue weighted by atomic mass is 16.8. The number of aliphatic hydroxyl groups is 2. The molecule has 46 heavy (non-hydrogen) atoms. The summed E-state index contributed by atoms with van der Waals surface area (Å²) >= 11 is 0. The molecule has 2 aromatic carbocycles. The number of hydrogen-bond acceptors (Lipinski definition) is 13. The number of likely N-dealkylation sites (N-methyl/N-ethyl adjacent to an activating group) is 1. The van der Waals surface area contributed by atoms with Crippen LogP contribution in [-0.2, 0) is 23.9 Å². The van der Waals surface area contributed by atoms with Gasteiger partial charge in [0.15, 0.2) is 11.6 Å². The maximum absolute atomic E-state index is 13.2. The lowest BCUT2D eigenvalue weighted by atomic mass is 9.99. The van der Waals surface area contributed by atoms with E-state index in [-0.39, 0.29) is 33.5 Å². The molecule has 0 saturated carbocycles. The van der Waals surface area contributed by atoms with Crippen molar-refractivity contribution in [1.29, 1.82) is 0 Å². The first-order valence-electron chi connectivity index (χ1n) is 14.2. The van der Waals surface area contributed by atoms with Gasteiger partial charge in [-0.3, -0.25) is 15.1 Å². The largest absolute Gasteiger partial charge is 0.508 e. The molecule has 6 N–H and O–H groups in total. The molecule has 1 aromatic heterocycles. The van der Waals surface area contributed by atoms with E-state index in [1.54, 1.807) is 24.5 Å². The number of nitrogens with zero attached hydrogens (tertiary/aromatic N) is 1. The van der Waals surface area contributed by atoms with Crippen molar-refractivity contribution < 1.29 is 58.5 Å². The first-order chi connectivity index (χ1) is 22.1. The van der Waals surface area contributed by atoms with Gasteiger partial charge in [-0.25, -0.2) is 9.59 Å². The second kappa shape index (κ2) is 12.8. The number of carbonyl (C=O) groups is 2. The van der Waals surface area contributed by atoms with Crippen molar-refractivity contribution in [1.82, 2.24) is 5.32 Å². The van der Waals surface area contributed by atoms with E-state index >= 15 is 0 Å². The fourth-order valence-electron chi connectivity index (χ4n) is 5.31. The maximum Gasteiger partial charge on any atom is 0.334 e. The number of carboxylic acids is 1. The smallest absolute Gasteiger partial charge is 0.334 e. The van der Waals surface area contributed by atoms with Crippen LogP contribution >= 0.6 is 0 Å². The minimum Gasteiger partial charge on any atom is -0.508 e. The van der Waals surface area contributed by atoms with Crippen molar-refractivity contribution in [2.75, 3.05) is 20.2 Å². The van der Waals surface area contributed by atoms with Crippen LogP contribution in [0, 0.1) is 0 Å². The monoisotopic (exact) mass is 636 g/mol. The SMILES string of the molecule is CN[C@H](C(=O)O)C(=O)OC[C@@H]1O[C@H](Oc2ccc3c(=O)c(-c4ccc(O)cc4)coc3c2)[C@@H](O[NH+]2C=C3N=CC=C3C2)[C@H](O)[C@H]1O. The van der Waals surface area contributed by atoms with Gasteiger partial charge in [-0.15, -0.1) is 0 Å². The van der Waals surface area contributed by atoms with Crippen molar-refractivity contribution in [3.8, 4) is 22.6 Å². The molecule has 1 unspecified atom stereocenters. The van der Waals surface area contributed by atoms with Crippen LogP contribution in [0.3, 0.4) is 0 Å². The summed E-state index contributed by atoms with van der Waals surface area (Å²) in [6.45, 7) is -0.225. The van der Waals surface area contributed by atoms with Crippen LogP contribution in [0.4, 0.5) is 0 Å². The number of carbonyl (C=O) groups excluding carboxylic acids is 1. The molecule has 15 nitrogen and oxygen atoms in total. The molecule has 6 rings (SSSR count). The Balaban J connectivity index is 1.25. The summed E-state index contributed by atoms with van der Waals surface area (Å²) in [5.74, 6) is -2.37. The molecule has 3 aromatic rings. The highest BCUT2D eigenvalue weighted by Crippen LogP contribution is 2.29. The minimum absolute atomic E-state index is 0.0554. The second-order valence-corrected chi connectivity index (χ2v) is 10.7. The maximum atomic E-state index is 13.2. The topological polar surface area (TPSA) is 211 Å². The van der Waals surface area contributed by atoms with E-state index in [9.17, 15) is 34.8 Å². The minimum atomic E-state index is -1.65. The number of aliphatic imine (C=N–C) groups is 1. The zero-order valence-corrected chi connectivity index (χ0v) is 24.2. The van der Waals surface area contributed by atoms with Gasteiger partial charge in [0.25, 0.3) is 0 Å². The molecule has 3 aliphatic heterocycles. The normalized spacial score (nSPS) is 25.9. The number of fused-ring (bicyclic) bond motifs is 2. The standard InChI is InChI=1S/C31H29N3O12/c1-32-24(29(39)40)30(41)43-14-23-26(37)27(38)28(46-34-11-16-8-9-33-21(16)12-34)31(45-23)44-18-6-7-19-22(10-18)42-13-20(25(19)36)15-2-4-17(35)5-3-15/h2-10,12-13,23-24,26-28,31-32,35,37-38H,11,14H2,1H3,(H,39,40)/p+1/t23-,24+,26-,27+,28-,31-/m0/s1. The van der Waals surface area contributed by atoms with E-state index in [1.807, 2.05) is 6.08 Å². The van der Waals surface area contributed by atoms with Crippen LogP contribution in [0.25, 0.3) is 22.1 Å². The molecule has 1 fully saturated rings. The number of phenols is 1. The first-order valence-corrected chi connectivity index (χ1v) is 14.2. The molecular formula is C31H30N3O12+. The zero-order valence-electron chi connectivity index (χ0n) is 24.2. The lowest BCUT2D eigenvalue weighted by Crippen LogP contribution is -3.07. The zero-order chi connectivity index (χ0) is 32.5. The Morgan fingerprint density at radius 2 is 1.93 bits per heavy atom. The van der Waals surface area contributed by atoms with Gasteiger partial charge in [0.05, 0.1) is 10.9 Å². The molecule has 0 spiro atoms. The lowest BCUT2D eigenvalue weighted by molar-refractivity contribution is -1.05. The van der Waals surface area contributed by atoms with Crippen molar-refractivity contribution in [2.24, 2.45) is 4.99 Å². The fourth-order valence-corrected chi connectivity index (χ4v) is 5.31. The third kappa shape index (κ3) is 6.15. The molecule has 0 amide bonds. The van der Waals surface area contributed by atoms with E-state index in [0.29, 0.717) is 22.9 Å². The number of aliphatic hydroxyl groups excluding tert-OH is 2. The Bertz CT molecular complexity index is 1800.